The van der Waals surface area contributed by atoms with Gasteiger partial charge in [-0.15, -0.1) is 0 Å². The minimum Gasteiger partial charge on any atom is -0.479 e. The van der Waals surface area contributed by atoms with Gasteiger partial charge in [-0.1, -0.05) is 11.6 Å². The third kappa shape index (κ3) is 4.59. The first-order valence-electron chi connectivity index (χ1n) is 6.48. The van der Waals surface area contributed by atoms with Crippen molar-refractivity contribution in [3.8, 4) is 5.75 Å². The predicted molar refractivity (Wildman–Crippen MR) is 80.8 cm³/mol. The van der Waals surface area contributed by atoms with Crippen LogP contribution in [0.1, 0.15) is 20.8 Å². The van der Waals surface area contributed by atoms with E-state index in [9.17, 15) is 13.2 Å². The van der Waals surface area contributed by atoms with E-state index in [2.05, 4.69) is 0 Å². The Bertz CT molecular complexity index is 615. The smallest absolute Gasteiger partial charge is 0.263 e. The molecule has 1 amide bonds. The van der Waals surface area contributed by atoms with E-state index in [4.69, 9.17) is 21.5 Å². The second kappa shape index (κ2) is 7.11. The van der Waals surface area contributed by atoms with Crippen LogP contribution in [0.4, 0.5) is 0 Å². The first-order valence-corrected chi connectivity index (χ1v) is 8.40. The zero-order chi connectivity index (χ0) is 16.2. The van der Waals surface area contributed by atoms with E-state index in [1.165, 1.54) is 18.2 Å². The maximum Gasteiger partial charge on any atom is 0.263 e. The second-order valence-electron chi connectivity index (χ2n) is 4.41. The van der Waals surface area contributed by atoms with Crippen molar-refractivity contribution < 1.29 is 17.9 Å². The third-order valence-corrected chi connectivity index (χ3v) is 4.16. The van der Waals surface area contributed by atoms with Gasteiger partial charge in [-0.05, 0) is 39.0 Å². The van der Waals surface area contributed by atoms with Crippen molar-refractivity contribution in [1.82, 2.24) is 4.90 Å². The van der Waals surface area contributed by atoms with E-state index in [1.807, 2.05) is 13.8 Å². The molecule has 1 unspecified atom stereocenters. The van der Waals surface area contributed by atoms with Crippen molar-refractivity contribution in [2.45, 2.75) is 31.8 Å². The summed E-state index contributed by atoms with van der Waals surface area (Å²) >= 11 is 5.96. The molecule has 0 spiro atoms. The molecule has 1 rings (SSSR count). The van der Waals surface area contributed by atoms with Crippen LogP contribution in [0.2, 0.25) is 5.02 Å². The number of hydrogen-bond donors (Lipinski definition) is 1. The van der Waals surface area contributed by atoms with Crippen LogP contribution in [0.25, 0.3) is 0 Å². The van der Waals surface area contributed by atoms with Crippen molar-refractivity contribution in [3.63, 3.8) is 0 Å². The van der Waals surface area contributed by atoms with Gasteiger partial charge >= 0.3 is 0 Å². The zero-order valence-electron chi connectivity index (χ0n) is 12.2. The van der Waals surface area contributed by atoms with E-state index < -0.39 is 16.1 Å². The summed E-state index contributed by atoms with van der Waals surface area (Å²) in [6.45, 7) is 6.54. The number of sulfonamides is 1. The summed E-state index contributed by atoms with van der Waals surface area (Å²) in [5.41, 5.74) is 0. The molecule has 21 heavy (non-hydrogen) atoms. The van der Waals surface area contributed by atoms with Gasteiger partial charge in [0.25, 0.3) is 5.91 Å². The van der Waals surface area contributed by atoms with Gasteiger partial charge in [-0.3, -0.25) is 4.79 Å². The number of ether oxygens (including phenoxy) is 1. The molecule has 6 nitrogen and oxygen atoms in total. The molecule has 0 fully saturated rings. The zero-order valence-corrected chi connectivity index (χ0v) is 13.7. The summed E-state index contributed by atoms with van der Waals surface area (Å²) in [6, 6.07) is 3.86. The van der Waals surface area contributed by atoms with E-state index in [0.29, 0.717) is 13.1 Å². The van der Waals surface area contributed by atoms with Gasteiger partial charge in [0.2, 0.25) is 10.0 Å². The van der Waals surface area contributed by atoms with Gasteiger partial charge in [0.05, 0.1) is 9.92 Å². The lowest BCUT2D eigenvalue weighted by molar-refractivity contribution is -0.137. The number of nitrogens with zero attached hydrogens (tertiary/aromatic N) is 1. The molecule has 2 N–H and O–H groups in total. The molecule has 1 aromatic carbocycles. The predicted octanol–water partition coefficient (Wildman–Crippen LogP) is 1.62. The molecule has 0 saturated carbocycles. The lowest BCUT2D eigenvalue weighted by atomic mass is 10.3. The standard InChI is InChI=1S/C13H19ClN2O4S/c1-4-16(5-2)13(17)9(3)20-12-7-6-10(8-11(12)14)21(15,18)19/h6-9H,4-5H2,1-3H3,(H2,15,18,19). The van der Waals surface area contributed by atoms with Gasteiger partial charge in [0.1, 0.15) is 5.75 Å². The van der Waals surface area contributed by atoms with Crippen molar-refractivity contribution >= 4 is 27.5 Å². The minimum absolute atomic E-state index is 0.0840. The van der Waals surface area contributed by atoms with Crippen LogP contribution in [-0.2, 0) is 14.8 Å². The normalized spacial score (nSPS) is 12.8. The SMILES string of the molecule is CCN(CC)C(=O)C(C)Oc1ccc(S(N)(=O)=O)cc1Cl. The molecule has 1 atom stereocenters. The number of likely N-dealkylation sites (N-methyl/N-ethyl adjacent to an activating group) is 1. The van der Waals surface area contributed by atoms with Gasteiger partial charge in [0, 0.05) is 13.1 Å². The van der Waals surface area contributed by atoms with Crippen molar-refractivity contribution in [3.05, 3.63) is 23.2 Å². The Morgan fingerprint density at radius 3 is 2.38 bits per heavy atom. The Hall–Kier alpha value is -1.31. The Kier molecular flexibility index (Phi) is 6.00. The molecule has 0 aliphatic rings. The molecule has 0 aliphatic carbocycles. The Balaban J connectivity index is 2.91. The van der Waals surface area contributed by atoms with Crippen LogP contribution in [0.5, 0.6) is 5.75 Å². The maximum atomic E-state index is 12.1. The molecule has 0 aliphatic heterocycles. The number of halogens is 1. The number of nitrogens with two attached hydrogens (primary N) is 1. The highest BCUT2D eigenvalue weighted by molar-refractivity contribution is 7.89. The fraction of sp³-hybridized carbons (Fsp3) is 0.462. The molecule has 0 saturated heterocycles. The second-order valence-corrected chi connectivity index (χ2v) is 6.38. The number of carbonyl (C=O) groups excluding carboxylic acids is 1. The van der Waals surface area contributed by atoms with Crippen molar-refractivity contribution in [1.29, 1.82) is 0 Å². The topological polar surface area (TPSA) is 89.7 Å². The summed E-state index contributed by atoms with van der Waals surface area (Å²) in [7, 11) is -3.82. The Morgan fingerprint density at radius 1 is 1.38 bits per heavy atom. The van der Waals surface area contributed by atoms with Crippen LogP contribution in [0, 0.1) is 0 Å². The van der Waals surface area contributed by atoms with Crippen molar-refractivity contribution in [2.24, 2.45) is 5.14 Å². The number of hydrogen-bond acceptors (Lipinski definition) is 4. The summed E-state index contributed by atoms with van der Waals surface area (Å²) in [4.78, 5) is 13.6. The minimum atomic E-state index is -3.82. The monoisotopic (exact) mass is 334 g/mol. The lowest BCUT2D eigenvalue weighted by Gasteiger charge is -2.23. The van der Waals surface area contributed by atoms with Gasteiger partial charge in [-0.2, -0.15) is 0 Å². The van der Waals surface area contributed by atoms with E-state index in [0.717, 1.165) is 0 Å². The summed E-state index contributed by atoms with van der Waals surface area (Å²) in [5.74, 6) is 0.0728. The molecule has 118 valence electrons. The van der Waals surface area contributed by atoms with E-state index >= 15 is 0 Å². The molecule has 8 heteroatoms. The molecule has 0 aromatic heterocycles. The highest BCUT2D eigenvalue weighted by atomic mass is 35.5. The van der Waals surface area contributed by atoms with E-state index in [1.54, 1.807) is 11.8 Å². The van der Waals surface area contributed by atoms with Crippen molar-refractivity contribution in [2.75, 3.05) is 13.1 Å². The average Bonchev–Trinajstić information content (AvgIpc) is 2.41. The summed E-state index contributed by atoms with van der Waals surface area (Å²) in [5, 5.41) is 5.10. The van der Waals surface area contributed by atoms with Crippen LogP contribution in [0.15, 0.2) is 23.1 Å². The number of amides is 1. The highest BCUT2D eigenvalue weighted by Crippen LogP contribution is 2.28. The number of primary sulfonamides is 1. The van der Waals surface area contributed by atoms with Crippen LogP contribution >= 0.6 is 11.6 Å². The molecule has 1 aromatic rings. The van der Waals surface area contributed by atoms with Crippen LogP contribution < -0.4 is 9.88 Å². The maximum absolute atomic E-state index is 12.1. The summed E-state index contributed by atoms with van der Waals surface area (Å²) < 4.78 is 27.9. The number of carbonyl (C=O) groups is 1. The molecule has 0 bridgehead atoms. The Labute approximate surface area is 129 Å². The lowest BCUT2D eigenvalue weighted by Crippen LogP contribution is -2.40. The van der Waals surface area contributed by atoms with Gasteiger partial charge in [0.15, 0.2) is 6.10 Å². The third-order valence-electron chi connectivity index (χ3n) is 2.96. The average molecular weight is 335 g/mol. The fourth-order valence-corrected chi connectivity index (χ4v) is 2.62. The quantitative estimate of drug-likeness (QED) is 0.856. The summed E-state index contributed by atoms with van der Waals surface area (Å²) in [6.07, 6.45) is -0.720. The molecule has 0 heterocycles. The first-order chi connectivity index (χ1) is 9.70. The van der Waals surface area contributed by atoms with Gasteiger partial charge in [-0.25, -0.2) is 13.6 Å². The number of benzene rings is 1. The largest absolute Gasteiger partial charge is 0.479 e. The fourth-order valence-electron chi connectivity index (χ4n) is 1.79. The first kappa shape index (κ1) is 17.7. The molecule has 0 radical (unpaired) electrons. The Morgan fingerprint density at radius 2 is 1.95 bits per heavy atom. The highest BCUT2D eigenvalue weighted by Gasteiger charge is 2.21. The molecular weight excluding hydrogens is 316 g/mol. The molecular formula is C13H19ClN2O4S. The van der Waals surface area contributed by atoms with Crippen LogP contribution in [0.3, 0.4) is 0 Å². The number of rotatable bonds is 6. The van der Waals surface area contributed by atoms with E-state index in [-0.39, 0.29) is 21.6 Å². The van der Waals surface area contributed by atoms with Gasteiger partial charge < -0.3 is 9.64 Å². The van der Waals surface area contributed by atoms with Crippen LogP contribution in [-0.4, -0.2) is 38.4 Å².